The summed E-state index contributed by atoms with van der Waals surface area (Å²) >= 11 is 1.37. The van der Waals surface area contributed by atoms with Gasteiger partial charge in [0.2, 0.25) is 6.79 Å². The molecular weight excluding hydrogens is 354 g/mol. The number of esters is 1. The maximum atomic E-state index is 12.2. The van der Waals surface area contributed by atoms with E-state index in [9.17, 15) is 9.59 Å². The second-order valence-electron chi connectivity index (χ2n) is 5.79. The Labute approximate surface area is 155 Å². The van der Waals surface area contributed by atoms with Gasteiger partial charge in [0.25, 0.3) is 5.91 Å². The Morgan fingerprint density at radius 2 is 1.88 bits per heavy atom. The minimum Gasteiger partial charge on any atom is -0.454 e. The molecule has 6 nitrogen and oxygen atoms in total. The van der Waals surface area contributed by atoms with Gasteiger partial charge < -0.3 is 19.5 Å². The molecule has 7 heteroatoms. The lowest BCUT2D eigenvalue weighted by Crippen LogP contribution is -2.30. The number of nitrogens with one attached hydrogen (secondary N) is 1. The van der Waals surface area contributed by atoms with Crippen molar-refractivity contribution in [3.8, 4) is 11.5 Å². The molecule has 0 radical (unpaired) electrons. The number of rotatable bonds is 6. The molecule has 0 bridgehead atoms. The largest absolute Gasteiger partial charge is 0.454 e. The Kier molecular flexibility index (Phi) is 5.68. The molecule has 2 aromatic carbocycles. The lowest BCUT2D eigenvalue weighted by molar-refractivity contribution is -0.150. The van der Waals surface area contributed by atoms with Gasteiger partial charge in [0, 0.05) is 16.6 Å². The minimum absolute atomic E-state index is 0.144. The summed E-state index contributed by atoms with van der Waals surface area (Å²) in [6.07, 6.45) is -0.897. The molecule has 1 amide bonds. The molecule has 3 rings (SSSR count). The van der Waals surface area contributed by atoms with Crippen LogP contribution in [0.3, 0.4) is 0 Å². The molecular formula is C19H19NO5S. The van der Waals surface area contributed by atoms with E-state index in [1.807, 2.05) is 31.2 Å². The van der Waals surface area contributed by atoms with Gasteiger partial charge >= 0.3 is 5.97 Å². The van der Waals surface area contributed by atoms with Gasteiger partial charge in [-0.25, -0.2) is 0 Å². The van der Waals surface area contributed by atoms with Crippen LogP contribution >= 0.6 is 11.8 Å². The predicted octanol–water partition coefficient (Wildman–Crippen LogP) is 3.39. The summed E-state index contributed by atoms with van der Waals surface area (Å²) in [6, 6.07) is 12.9. The van der Waals surface area contributed by atoms with E-state index in [1.165, 1.54) is 18.7 Å². The quantitative estimate of drug-likeness (QED) is 0.618. The lowest BCUT2D eigenvalue weighted by Gasteiger charge is -2.13. The molecule has 1 aliphatic rings. The number of thioether (sulfide) groups is 1. The number of amides is 1. The second kappa shape index (κ2) is 8.14. The molecule has 0 unspecified atom stereocenters. The van der Waals surface area contributed by atoms with Crippen LogP contribution in [-0.2, 0) is 14.3 Å². The predicted molar refractivity (Wildman–Crippen MR) is 98.7 cm³/mol. The first-order chi connectivity index (χ1) is 12.5. The summed E-state index contributed by atoms with van der Waals surface area (Å²) in [6.45, 7) is 3.71. The molecule has 0 fully saturated rings. The molecule has 136 valence electrons. The van der Waals surface area contributed by atoms with Crippen molar-refractivity contribution in [1.82, 2.24) is 0 Å². The maximum Gasteiger partial charge on any atom is 0.317 e. The summed E-state index contributed by atoms with van der Waals surface area (Å²) in [7, 11) is 0. The van der Waals surface area contributed by atoms with E-state index in [4.69, 9.17) is 14.2 Å². The summed E-state index contributed by atoms with van der Waals surface area (Å²) < 4.78 is 15.7. The van der Waals surface area contributed by atoms with Crippen LogP contribution in [0.15, 0.2) is 47.4 Å². The van der Waals surface area contributed by atoms with Crippen LogP contribution in [0.5, 0.6) is 11.5 Å². The molecule has 0 aromatic heterocycles. The van der Waals surface area contributed by atoms with Crippen molar-refractivity contribution in [2.24, 2.45) is 0 Å². The van der Waals surface area contributed by atoms with Crippen molar-refractivity contribution in [2.45, 2.75) is 24.8 Å². The Hall–Kier alpha value is -2.67. The molecule has 0 spiro atoms. The van der Waals surface area contributed by atoms with Gasteiger partial charge in [-0.3, -0.25) is 9.59 Å². The fraction of sp³-hybridized carbons (Fsp3) is 0.263. The monoisotopic (exact) mass is 373 g/mol. The van der Waals surface area contributed by atoms with E-state index in [-0.39, 0.29) is 12.5 Å². The van der Waals surface area contributed by atoms with Crippen LogP contribution in [-0.4, -0.2) is 30.5 Å². The Morgan fingerprint density at radius 1 is 1.15 bits per heavy atom. The highest BCUT2D eigenvalue weighted by Crippen LogP contribution is 2.34. The highest BCUT2D eigenvalue weighted by molar-refractivity contribution is 8.00. The average molecular weight is 373 g/mol. The van der Waals surface area contributed by atoms with Crippen LogP contribution < -0.4 is 14.8 Å². The van der Waals surface area contributed by atoms with Gasteiger partial charge in [-0.15, -0.1) is 11.8 Å². The van der Waals surface area contributed by atoms with E-state index in [2.05, 4.69) is 5.32 Å². The first kappa shape index (κ1) is 18.1. The Morgan fingerprint density at radius 3 is 2.65 bits per heavy atom. The zero-order valence-electron chi connectivity index (χ0n) is 14.5. The molecule has 1 aliphatic heterocycles. The van der Waals surface area contributed by atoms with E-state index >= 15 is 0 Å². The third-order valence-corrected chi connectivity index (χ3v) is 4.68. The van der Waals surface area contributed by atoms with Crippen molar-refractivity contribution < 1.29 is 23.8 Å². The number of aryl methyl sites for hydroxylation is 1. The van der Waals surface area contributed by atoms with Crippen LogP contribution in [0.25, 0.3) is 0 Å². The van der Waals surface area contributed by atoms with Gasteiger partial charge in [-0.1, -0.05) is 17.7 Å². The Bertz CT molecular complexity index is 806. The van der Waals surface area contributed by atoms with Crippen molar-refractivity contribution in [1.29, 1.82) is 0 Å². The number of carbonyl (C=O) groups is 2. The number of ether oxygens (including phenoxy) is 3. The van der Waals surface area contributed by atoms with E-state index in [0.717, 1.165) is 10.5 Å². The molecule has 1 atom stereocenters. The van der Waals surface area contributed by atoms with Crippen molar-refractivity contribution in [2.75, 3.05) is 17.9 Å². The number of fused-ring (bicyclic) bond motifs is 1. The average Bonchev–Trinajstić information content (AvgIpc) is 3.09. The maximum absolute atomic E-state index is 12.2. The Balaban J connectivity index is 1.47. The lowest BCUT2D eigenvalue weighted by atomic mass is 10.2. The first-order valence-corrected chi connectivity index (χ1v) is 9.09. The van der Waals surface area contributed by atoms with E-state index < -0.39 is 18.0 Å². The molecule has 0 aliphatic carbocycles. The van der Waals surface area contributed by atoms with Gasteiger partial charge in [-0.2, -0.15) is 0 Å². The summed E-state index contributed by atoms with van der Waals surface area (Å²) in [5.41, 5.74) is 1.71. The molecule has 0 saturated carbocycles. The molecule has 1 heterocycles. The standard InChI is InChI=1S/C19H19NO5S/c1-12-3-6-15(7-4-12)26-10-18(21)25-13(2)19(22)20-14-5-8-16-17(9-14)24-11-23-16/h3-9,13H,10-11H2,1-2H3,(H,20,22)/t13-/m0/s1. The molecule has 0 saturated heterocycles. The van der Waals surface area contributed by atoms with Crippen LogP contribution in [0.2, 0.25) is 0 Å². The van der Waals surface area contributed by atoms with Crippen LogP contribution in [0, 0.1) is 6.92 Å². The van der Waals surface area contributed by atoms with Crippen molar-refractivity contribution in [3.05, 3.63) is 48.0 Å². The number of benzene rings is 2. The zero-order valence-corrected chi connectivity index (χ0v) is 15.3. The third kappa shape index (κ3) is 4.70. The summed E-state index contributed by atoms with van der Waals surface area (Å²) in [5.74, 6) is 0.504. The first-order valence-electron chi connectivity index (χ1n) is 8.11. The van der Waals surface area contributed by atoms with Gasteiger partial charge in [-0.05, 0) is 38.1 Å². The van der Waals surface area contributed by atoms with E-state index in [0.29, 0.717) is 17.2 Å². The van der Waals surface area contributed by atoms with Gasteiger partial charge in [0.15, 0.2) is 17.6 Å². The van der Waals surface area contributed by atoms with E-state index in [1.54, 1.807) is 18.2 Å². The fourth-order valence-corrected chi connectivity index (χ4v) is 2.96. The topological polar surface area (TPSA) is 73.9 Å². The molecule has 26 heavy (non-hydrogen) atoms. The number of carbonyl (C=O) groups excluding carboxylic acids is 2. The summed E-state index contributed by atoms with van der Waals surface area (Å²) in [5, 5.41) is 2.70. The SMILES string of the molecule is Cc1ccc(SCC(=O)O[C@@H](C)C(=O)Nc2ccc3c(c2)OCO3)cc1. The zero-order chi connectivity index (χ0) is 18.5. The number of anilines is 1. The normalized spacial score (nSPS) is 13.2. The second-order valence-corrected chi connectivity index (χ2v) is 6.84. The smallest absolute Gasteiger partial charge is 0.317 e. The number of hydrogen-bond acceptors (Lipinski definition) is 6. The highest BCUT2D eigenvalue weighted by atomic mass is 32.2. The minimum atomic E-state index is -0.897. The van der Waals surface area contributed by atoms with Crippen molar-refractivity contribution >= 4 is 29.3 Å². The van der Waals surface area contributed by atoms with Crippen LogP contribution in [0.1, 0.15) is 12.5 Å². The van der Waals surface area contributed by atoms with Crippen LogP contribution in [0.4, 0.5) is 5.69 Å². The molecule has 1 N–H and O–H groups in total. The fourth-order valence-electron chi connectivity index (χ4n) is 2.28. The third-order valence-electron chi connectivity index (χ3n) is 3.70. The summed E-state index contributed by atoms with van der Waals surface area (Å²) in [4.78, 5) is 25.1. The number of hydrogen-bond donors (Lipinski definition) is 1. The van der Waals surface area contributed by atoms with Gasteiger partial charge in [0.05, 0.1) is 5.75 Å². The van der Waals surface area contributed by atoms with Crippen molar-refractivity contribution in [3.63, 3.8) is 0 Å². The molecule has 2 aromatic rings. The van der Waals surface area contributed by atoms with Gasteiger partial charge in [0.1, 0.15) is 0 Å². The highest BCUT2D eigenvalue weighted by Gasteiger charge is 2.20.